The summed E-state index contributed by atoms with van der Waals surface area (Å²) in [6.45, 7) is 0. The van der Waals surface area contributed by atoms with E-state index in [4.69, 9.17) is 5.26 Å². The highest BCUT2D eigenvalue weighted by atomic mass is 32.2. The van der Waals surface area contributed by atoms with Crippen molar-refractivity contribution in [1.29, 1.82) is 5.26 Å². The van der Waals surface area contributed by atoms with E-state index in [0.29, 0.717) is 12.8 Å². The van der Waals surface area contributed by atoms with Crippen molar-refractivity contribution in [2.45, 2.75) is 30.3 Å². The van der Waals surface area contributed by atoms with E-state index in [1.165, 1.54) is 12.3 Å². The molecule has 1 aliphatic carbocycles. The fourth-order valence-corrected chi connectivity index (χ4v) is 3.40. The molecule has 0 bridgehead atoms. The van der Waals surface area contributed by atoms with E-state index in [1.54, 1.807) is 0 Å². The minimum absolute atomic E-state index is 0.355. The molecule has 0 spiro atoms. The van der Waals surface area contributed by atoms with Gasteiger partial charge >= 0.3 is 0 Å². The van der Waals surface area contributed by atoms with Gasteiger partial charge in [-0.1, -0.05) is 6.42 Å². The highest BCUT2D eigenvalue weighted by Gasteiger charge is 2.32. The Bertz CT molecular complexity index is 582. The van der Waals surface area contributed by atoms with Crippen LogP contribution in [0, 0.1) is 23.1 Å². The molecular weight excluding hydrogens is 257 g/mol. The zero-order valence-corrected chi connectivity index (χ0v) is 10.3. The number of nitrogens with zero attached hydrogens (tertiary/aromatic N) is 2. The van der Waals surface area contributed by atoms with Crippen LogP contribution in [0.2, 0.25) is 0 Å². The van der Waals surface area contributed by atoms with Gasteiger partial charge in [0.2, 0.25) is 5.03 Å². The van der Waals surface area contributed by atoms with Crippen LogP contribution in [0.5, 0.6) is 0 Å². The molecule has 1 heterocycles. The fourth-order valence-electron chi connectivity index (χ4n) is 2.08. The summed E-state index contributed by atoms with van der Waals surface area (Å²) in [5, 5.41) is 8.27. The highest BCUT2D eigenvalue weighted by Crippen LogP contribution is 2.26. The van der Waals surface area contributed by atoms with Crippen LogP contribution in [-0.4, -0.2) is 19.4 Å². The molecular formula is C11H12FN3O2S. The second-order valence-electron chi connectivity index (χ2n) is 4.18. The Morgan fingerprint density at radius 1 is 1.50 bits per heavy atom. The molecule has 7 heteroatoms. The van der Waals surface area contributed by atoms with E-state index in [0.717, 1.165) is 12.5 Å². The van der Waals surface area contributed by atoms with Gasteiger partial charge in [-0.3, -0.25) is 0 Å². The van der Waals surface area contributed by atoms with Gasteiger partial charge in [0.15, 0.2) is 5.82 Å². The summed E-state index contributed by atoms with van der Waals surface area (Å²) in [5.74, 6) is -1.25. The molecule has 1 aromatic rings. The lowest BCUT2D eigenvalue weighted by Gasteiger charge is -2.15. The van der Waals surface area contributed by atoms with Crippen LogP contribution in [0.1, 0.15) is 19.3 Å². The minimum Gasteiger partial charge on any atom is -0.241 e. The lowest BCUT2D eigenvalue weighted by molar-refractivity contribution is 0.502. The van der Waals surface area contributed by atoms with Crippen LogP contribution in [0.25, 0.3) is 0 Å². The molecule has 1 N–H and O–H groups in total. The van der Waals surface area contributed by atoms with Gasteiger partial charge in [0.05, 0.1) is 12.0 Å². The standard InChI is InChI=1S/C11H12FN3O2S/c12-9-4-2-6-14-11(9)18(16,17)15-10-5-1-3-8(10)7-13/h2,4,6,8,10,15H,1,3,5H2. The van der Waals surface area contributed by atoms with Crippen LogP contribution < -0.4 is 4.72 Å². The first kappa shape index (κ1) is 12.9. The van der Waals surface area contributed by atoms with Gasteiger partial charge < -0.3 is 0 Å². The molecule has 0 saturated heterocycles. The zero-order valence-electron chi connectivity index (χ0n) is 9.51. The van der Waals surface area contributed by atoms with E-state index < -0.39 is 26.9 Å². The number of pyridine rings is 1. The molecule has 1 aliphatic rings. The van der Waals surface area contributed by atoms with Crippen molar-refractivity contribution in [2.24, 2.45) is 5.92 Å². The summed E-state index contributed by atoms with van der Waals surface area (Å²) in [4.78, 5) is 3.53. The molecule has 2 atom stereocenters. The Hall–Kier alpha value is -1.52. The molecule has 1 fully saturated rings. The average Bonchev–Trinajstić information content (AvgIpc) is 2.76. The Kier molecular flexibility index (Phi) is 3.59. The number of sulfonamides is 1. The summed E-state index contributed by atoms with van der Waals surface area (Å²) < 4.78 is 39.6. The van der Waals surface area contributed by atoms with Crippen LogP contribution in [-0.2, 0) is 10.0 Å². The van der Waals surface area contributed by atoms with E-state index in [-0.39, 0.29) is 5.92 Å². The summed E-state index contributed by atoms with van der Waals surface area (Å²) in [5.41, 5.74) is 0. The first-order chi connectivity index (χ1) is 8.54. The first-order valence-corrected chi connectivity index (χ1v) is 7.05. The monoisotopic (exact) mass is 269 g/mol. The zero-order chi connectivity index (χ0) is 13.2. The van der Waals surface area contributed by atoms with Gasteiger partial charge in [0.1, 0.15) is 0 Å². The molecule has 2 unspecified atom stereocenters. The summed E-state index contributed by atoms with van der Waals surface area (Å²) in [6.07, 6.45) is 3.25. The lowest BCUT2D eigenvalue weighted by atomic mass is 10.1. The first-order valence-electron chi connectivity index (χ1n) is 5.57. The summed E-state index contributed by atoms with van der Waals surface area (Å²) >= 11 is 0. The number of hydrogen-bond acceptors (Lipinski definition) is 4. The normalized spacial score (nSPS) is 23.8. The van der Waals surface area contributed by atoms with Crippen molar-refractivity contribution in [3.63, 3.8) is 0 Å². The van der Waals surface area contributed by atoms with E-state index >= 15 is 0 Å². The van der Waals surface area contributed by atoms with Crippen molar-refractivity contribution in [3.8, 4) is 6.07 Å². The fraction of sp³-hybridized carbons (Fsp3) is 0.455. The third-order valence-corrected chi connectivity index (χ3v) is 4.39. The maximum absolute atomic E-state index is 13.4. The number of rotatable bonds is 3. The average molecular weight is 269 g/mol. The van der Waals surface area contributed by atoms with Crippen LogP contribution in [0.4, 0.5) is 4.39 Å². The molecule has 0 aromatic carbocycles. The molecule has 18 heavy (non-hydrogen) atoms. The van der Waals surface area contributed by atoms with Gasteiger partial charge in [-0.2, -0.15) is 5.26 Å². The maximum atomic E-state index is 13.4. The smallest absolute Gasteiger partial charge is 0.241 e. The molecule has 0 radical (unpaired) electrons. The lowest BCUT2D eigenvalue weighted by Crippen LogP contribution is -2.37. The highest BCUT2D eigenvalue weighted by molar-refractivity contribution is 7.89. The van der Waals surface area contributed by atoms with Crippen LogP contribution in [0.3, 0.4) is 0 Å². The third kappa shape index (κ3) is 2.49. The molecule has 5 nitrogen and oxygen atoms in total. The topological polar surface area (TPSA) is 82.9 Å². The number of hydrogen-bond donors (Lipinski definition) is 1. The largest absolute Gasteiger partial charge is 0.261 e. The molecule has 1 saturated carbocycles. The van der Waals surface area contributed by atoms with Crippen molar-refractivity contribution in [2.75, 3.05) is 0 Å². The van der Waals surface area contributed by atoms with Crippen LogP contribution >= 0.6 is 0 Å². The summed E-state index contributed by atoms with van der Waals surface area (Å²) in [7, 11) is -4.00. The van der Waals surface area contributed by atoms with Gasteiger partial charge in [-0.05, 0) is 25.0 Å². The Balaban J connectivity index is 2.23. The molecule has 1 aromatic heterocycles. The SMILES string of the molecule is N#CC1CCCC1NS(=O)(=O)c1ncccc1F. The van der Waals surface area contributed by atoms with Crippen molar-refractivity contribution >= 4 is 10.0 Å². The quantitative estimate of drug-likeness (QED) is 0.893. The molecule has 0 aliphatic heterocycles. The number of halogens is 1. The second-order valence-corrected chi connectivity index (χ2v) is 5.81. The molecule has 2 rings (SSSR count). The molecule has 0 amide bonds. The minimum atomic E-state index is -4.00. The number of nitrogens with one attached hydrogen (secondary N) is 1. The van der Waals surface area contributed by atoms with Crippen molar-refractivity contribution < 1.29 is 12.8 Å². The van der Waals surface area contributed by atoms with Gasteiger partial charge in [0.25, 0.3) is 10.0 Å². The van der Waals surface area contributed by atoms with Gasteiger partial charge in [0, 0.05) is 12.2 Å². The third-order valence-electron chi connectivity index (χ3n) is 2.97. The number of aromatic nitrogens is 1. The predicted octanol–water partition coefficient (Wildman–Crippen LogP) is 1.19. The van der Waals surface area contributed by atoms with E-state index in [2.05, 4.69) is 15.8 Å². The van der Waals surface area contributed by atoms with E-state index in [1.807, 2.05) is 0 Å². The number of nitriles is 1. The second kappa shape index (κ2) is 5.00. The summed E-state index contributed by atoms with van der Waals surface area (Å²) in [6, 6.07) is 3.97. The Labute approximate surface area is 105 Å². The molecule has 96 valence electrons. The predicted molar refractivity (Wildman–Crippen MR) is 61.3 cm³/mol. The Morgan fingerprint density at radius 2 is 2.28 bits per heavy atom. The van der Waals surface area contributed by atoms with Gasteiger partial charge in [-0.15, -0.1) is 0 Å². The van der Waals surface area contributed by atoms with Crippen LogP contribution in [0.15, 0.2) is 23.4 Å². The van der Waals surface area contributed by atoms with Crippen molar-refractivity contribution in [3.05, 3.63) is 24.1 Å². The maximum Gasteiger partial charge on any atom is 0.261 e. The van der Waals surface area contributed by atoms with E-state index in [9.17, 15) is 12.8 Å². The van der Waals surface area contributed by atoms with Gasteiger partial charge in [-0.25, -0.2) is 22.5 Å². The van der Waals surface area contributed by atoms with Crippen molar-refractivity contribution in [1.82, 2.24) is 9.71 Å². The Morgan fingerprint density at radius 3 is 2.94 bits per heavy atom.